The zero-order valence-corrected chi connectivity index (χ0v) is 17.9. The Balaban J connectivity index is 0.00000240. The van der Waals surface area contributed by atoms with Crippen molar-refractivity contribution in [2.75, 3.05) is 29.9 Å². The van der Waals surface area contributed by atoms with Crippen LogP contribution in [-0.2, 0) is 0 Å². The predicted molar refractivity (Wildman–Crippen MR) is 119 cm³/mol. The Morgan fingerprint density at radius 1 is 1.17 bits per heavy atom. The number of aryl methyl sites for hydroxylation is 2. The number of hydrogen-bond acceptors (Lipinski definition) is 5. The molecule has 1 aliphatic heterocycles. The first-order chi connectivity index (χ1) is 13.5. The molecule has 2 aromatic heterocycles. The van der Waals surface area contributed by atoms with E-state index in [-0.39, 0.29) is 24.1 Å². The molecule has 152 valence electrons. The number of nitrogens with one attached hydrogen (secondary N) is 1. The van der Waals surface area contributed by atoms with Gasteiger partial charge in [0.1, 0.15) is 5.82 Å². The summed E-state index contributed by atoms with van der Waals surface area (Å²) in [6.45, 7) is 5.07. The van der Waals surface area contributed by atoms with Gasteiger partial charge in [-0.25, -0.2) is 14.4 Å². The summed E-state index contributed by atoms with van der Waals surface area (Å²) in [4.78, 5) is 24.0. The first-order valence-electron chi connectivity index (χ1n) is 9.19. The summed E-state index contributed by atoms with van der Waals surface area (Å²) in [7, 11) is 0. The van der Waals surface area contributed by atoms with Gasteiger partial charge in [0.05, 0.1) is 11.3 Å². The highest BCUT2D eigenvalue weighted by atomic mass is 35.5. The Labute approximate surface area is 179 Å². The number of benzene rings is 1. The summed E-state index contributed by atoms with van der Waals surface area (Å²) in [6.07, 6.45) is 1.59. The van der Waals surface area contributed by atoms with Crippen molar-refractivity contribution in [1.82, 2.24) is 14.9 Å². The normalized spacial score (nSPS) is 13.8. The maximum absolute atomic E-state index is 13.7. The van der Waals surface area contributed by atoms with Gasteiger partial charge in [0.25, 0.3) is 5.91 Å². The van der Waals surface area contributed by atoms with E-state index >= 15 is 0 Å². The van der Waals surface area contributed by atoms with Crippen molar-refractivity contribution in [2.45, 2.75) is 13.8 Å². The quantitative estimate of drug-likeness (QED) is 0.647. The van der Waals surface area contributed by atoms with Crippen molar-refractivity contribution in [2.24, 2.45) is 0 Å². The molecule has 0 atom stereocenters. The van der Waals surface area contributed by atoms with Gasteiger partial charge >= 0.3 is 0 Å². The molecule has 3 aromatic rings. The second-order valence-electron chi connectivity index (χ2n) is 6.86. The van der Waals surface area contributed by atoms with E-state index in [1.165, 1.54) is 6.07 Å². The molecule has 1 fully saturated rings. The molecule has 0 saturated carbocycles. The first-order valence-corrected chi connectivity index (χ1v) is 10.3. The lowest BCUT2D eigenvalue weighted by Gasteiger charge is -2.27. The molecule has 1 amide bonds. The maximum Gasteiger partial charge on any atom is 0.257 e. The minimum absolute atomic E-state index is 0. The van der Waals surface area contributed by atoms with Crippen LogP contribution in [0.5, 0.6) is 0 Å². The fourth-order valence-electron chi connectivity index (χ4n) is 3.27. The lowest BCUT2D eigenvalue weighted by Crippen LogP contribution is -2.38. The van der Waals surface area contributed by atoms with Crippen LogP contribution in [0, 0.1) is 19.7 Å². The van der Waals surface area contributed by atoms with Gasteiger partial charge in [0.15, 0.2) is 5.65 Å². The fourth-order valence-corrected chi connectivity index (χ4v) is 4.18. The molecule has 0 radical (unpaired) electrons. The van der Waals surface area contributed by atoms with Crippen molar-refractivity contribution >= 4 is 52.5 Å². The number of amides is 1. The summed E-state index contributed by atoms with van der Waals surface area (Å²) >= 11 is 1.85. The summed E-state index contributed by atoms with van der Waals surface area (Å²) < 4.78 is 13.7. The number of carbonyl (C=O) groups is 1. The molecule has 8 heteroatoms. The highest BCUT2D eigenvalue weighted by molar-refractivity contribution is 7.99. The van der Waals surface area contributed by atoms with Crippen LogP contribution in [0.25, 0.3) is 11.0 Å². The predicted octanol–water partition coefficient (Wildman–Crippen LogP) is 4.74. The van der Waals surface area contributed by atoms with Crippen LogP contribution in [0.1, 0.15) is 21.6 Å². The van der Waals surface area contributed by atoms with Gasteiger partial charge in [-0.1, -0.05) is 0 Å². The molecule has 1 N–H and O–H groups in total. The Bertz CT molecular complexity index is 1060. The van der Waals surface area contributed by atoms with Gasteiger partial charge in [0, 0.05) is 47.6 Å². The molecule has 1 aromatic carbocycles. The number of aromatic nitrogens is 2. The molecule has 5 nitrogen and oxygen atoms in total. The van der Waals surface area contributed by atoms with E-state index < -0.39 is 0 Å². The van der Waals surface area contributed by atoms with E-state index in [0.29, 0.717) is 22.5 Å². The van der Waals surface area contributed by atoms with Crippen molar-refractivity contribution < 1.29 is 9.18 Å². The number of fused-ring (bicyclic) bond motifs is 1. The van der Waals surface area contributed by atoms with Crippen LogP contribution >= 0.6 is 24.2 Å². The molecular formula is C21H22ClFN4OS. The first kappa shape index (κ1) is 21.3. The van der Waals surface area contributed by atoms with Gasteiger partial charge in [-0.05, 0) is 49.7 Å². The number of carbonyl (C=O) groups excluding carboxylic acids is 1. The third-order valence-electron chi connectivity index (χ3n) is 4.82. The number of halogens is 2. The third kappa shape index (κ3) is 4.46. The maximum atomic E-state index is 13.7. The van der Waals surface area contributed by atoms with Gasteiger partial charge in [-0.2, -0.15) is 11.8 Å². The zero-order valence-electron chi connectivity index (χ0n) is 16.2. The minimum atomic E-state index is -0.260. The number of thioether (sulfide) groups is 1. The average Bonchev–Trinajstić information content (AvgIpc) is 2.71. The second-order valence-corrected chi connectivity index (χ2v) is 8.09. The van der Waals surface area contributed by atoms with Crippen molar-refractivity contribution in [3.8, 4) is 0 Å². The van der Waals surface area contributed by atoms with Crippen LogP contribution in [0.2, 0.25) is 0 Å². The van der Waals surface area contributed by atoms with E-state index in [1.807, 2.05) is 35.7 Å². The van der Waals surface area contributed by atoms with Crippen LogP contribution in [0.15, 0.2) is 36.5 Å². The monoisotopic (exact) mass is 432 g/mol. The van der Waals surface area contributed by atoms with Crippen LogP contribution in [0.4, 0.5) is 15.8 Å². The van der Waals surface area contributed by atoms with Gasteiger partial charge < -0.3 is 10.2 Å². The Morgan fingerprint density at radius 3 is 2.66 bits per heavy atom. The molecular weight excluding hydrogens is 411 g/mol. The van der Waals surface area contributed by atoms with Gasteiger partial charge in [-0.3, -0.25) is 4.79 Å². The van der Waals surface area contributed by atoms with E-state index in [4.69, 9.17) is 0 Å². The summed E-state index contributed by atoms with van der Waals surface area (Å²) in [5.41, 5.74) is 3.86. The Kier molecular flexibility index (Phi) is 6.59. The molecule has 4 rings (SSSR count). The molecule has 29 heavy (non-hydrogen) atoms. The topological polar surface area (TPSA) is 58.1 Å². The van der Waals surface area contributed by atoms with Crippen molar-refractivity contribution in [3.63, 3.8) is 0 Å². The number of anilines is 2. The zero-order chi connectivity index (χ0) is 19.7. The average molecular weight is 433 g/mol. The molecule has 3 heterocycles. The standard InChI is InChI=1S/C21H21FN4OS.ClH/c1-13-11-15(4-6-18(13)22)25-19-16-5-3-14(2)24-20(16)23-12-17(19)21(27)26-7-9-28-10-8-26;/h3-6,11-12H,7-10H2,1-2H3,(H,23,24,25);1H. The van der Waals surface area contributed by atoms with E-state index in [1.54, 1.807) is 25.3 Å². The summed E-state index contributed by atoms with van der Waals surface area (Å²) in [5.74, 6) is 1.57. The van der Waals surface area contributed by atoms with Crippen molar-refractivity contribution in [3.05, 3.63) is 59.2 Å². The third-order valence-corrected chi connectivity index (χ3v) is 5.77. The molecule has 1 aliphatic rings. The molecule has 0 bridgehead atoms. The van der Waals surface area contributed by atoms with Gasteiger partial charge in [-0.15, -0.1) is 12.4 Å². The largest absolute Gasteiger partial charge is 0.354 e. The molecule has 0 unspecified atom stereocenters. The number of rotatable bonds is 3. The van der Waals surface area contributed by atoms with Crippen molar-refractivity contribution in [1.29, 1.82) is 0 Å². The summed E-state index contributed by atoms with van der Waals surface area (Å²) in [5, 5.41) is 4.09. The lowest BCUT2D eigenvalue weighted by atomic mass is 10.1. The van der Waals surface area contributed by atoms with Crippen LogP contribution < -0.4 is 5.32 Å². The lowest BCUT2D eigenvalue weighted by molar-refractivity contribution is 0.0773. The van der Waals surface area contributed by atoms with E-state index in [2.05, 4.69) is 15.3 Å². The number of hydrogen-bond donors (Lipinski definition) is 1. The van der Waals surface area contributed by atoms with Crippen LogP contribution in [-0.4, -0.2) is 45.4 Å². The molecule has 1 saturated heterocycles. The smallest absolute Gasteiger partial charge is 0.257 e. The minimum Gasteiger partial charge on any atom is -0.354 e. The Morgan fingerprint density at radius 2 is 1.93 bits per heavy atom. The molecule has 0 spiro atoms. The fraction of sp³-hybridized carbons (Fsp3) is 0.286. The second kappa shape index (κ2) is 8.97. The van der Waals surface area contributed by atoms with E-state index in [0.717, 1.165) is 41.4 Å². The SMILES string of the molecule is Cc1ccc2c(Nc3ccc(F)c(C)c3)c(C(=O)N3CCSCC3)cnc2n1.Cl. The van der Waals surface area contributed by atoms with Crippen LogP contribution in [0.3, 0.4) is 0 Å². The highest BCUT2D eigenvalue weighted by Crippen LogP contribution is 2.30. The summed E-state index contributed by atoms with van der Waals surface area (Å²) in [6, 6.07) is 8.65. The number of pyridine rings is 2. The van der Waals surface area contributed by atoms with Gasteiger partial charge in [0.2, 0.25) is 0 Å². The van der Waals surface area contributed by atoms with E-state index in [9.17, 15) is 9.18 Å². The number of nitrogens with zero attached hydrogens (tertiary/aromatic N) is 3. The molecule has 0 aliphatic carbocycles. The Hall–Kier alpha value is -2.38. The highest BCUT2D eigenvalue weighted by Gasteiger charge is 2.23.